The average Bonchev–Trinajstić information content (AvgIpc) is 3.76. The van der Waals surface area contributed by atoms with Crippen molar-refractivity contribution in [2.24, 2.45) is 0 Å². The molecule has 444 valence electrons. The van der Waals surface area contributed by atoms with Gasteiger partial charge in [-0.25, -0.2) is 21.1 Å². The minimum absolute atomic E-state index is 0. The zero-order valence-corrected chi connectivity index (χ0v) is 51.4. The molecule has 0 aliphatic carbocycles. The van der Waals surface area contributed by atoms with Gasteiger partial charge in [0.25, 0.3) is 19.1 Å². The van der Waals surface area contributed by atoms with Gasteiger partial charge in [-0.2, -0.15) is 45.1 Å². The van der Waals surface area contributed by atoms with Crippen LogP contribution < -0.4 is 44.5 Å². The lowest BCUT2D eigenvalue weighted by atomic mass is 10.1. The van der Waals surface area contributed by atoms with Gasteiger partial charge < -0.3 is 45.7 Å². The van der Waals surface area contributed by atoms with E-state index in [4.69, 9.17) is 52.8 Å². The number of fused-ring (bicyclic) bond motifs is 2. The zero-order chi connectivity index (χ0) is 58.4. The van der Waals surface area contributed by atoms with Crippen LogP contribution in [0.1, 0.15) is 22.3 Å². The van der Waals surface area contributed by atoms with Crippen LogP contribution in [0.5, 0.6) is 23.0 Å². The Morgan fingerprint density at radius 2 is 1.08 bits per heavy atom. The standard InChI is InChI=1S/C25H19BrClF3N4O4S2.C15H10Cl2F3NO3S.C10H10BrN3OS.H3N.H2O/c1-37-17-5-2-15(3-6-17)14-34(24-31-23(26)32-39-24)40(35,36)18-7-9-21-22(13-18)38-11-10-33(21)20-8-4-16(12-19(20)27)25(28,29)30;16-11-7-9(15(18,19)20)1-3-12(11)21-5-6-24-14-8-10(25(17,22)23)2-4-13(14)21;1-15-8-4-2-7(3-5-8)6-12-10-13-9(11)14-16-10;;/h2-9,12-13H,10-11,14H2,1H3;1-4,7-8H,5-6H2;2-5H,6H2,1H3,(H,12,13,14);1H3;1H2. The third kappa shape index (κ3) is 16.5. The number of methoxy groups -OCH3 is 2. The first-order chi connectivity index (χ1) is 38.3. The van der Waals surface area contributed by atoms with E-state index in [1.807, 2.05) is 24.3 Å². The number of anilines is 6. The molecule has 0 radical (unpaired) electrons. The first kappa shape index (κ1) is 66.2. The van der Waals surface area contributed by atoms with Gasteiger partial charge in [0.05, 0.1) is 87.6 Å². The molecule has 0 saturated carbocycles. The number of hydrogen-bond donors (Lipinski definition) is 2. The van der Waals surface area contributed by atoms with E-state index in [2.05, 4.69) is 55.9 Å². The van der Waals surface area contributed by atoms with Crippen LogP contribution in [0.2, 0.25) is 10.0 Å². The predicted molar refractivity (Wildman–Crippen MR) is 314 cm³/mol. The molecule has 0 bridgehead atoms. The van der Waals surface area contributed by atoms with Crippen molar-refractivity contribution in [2.45, 2.75) is 35.2 Å². The van der Waals surface area contributed by atoms with Gasteiger partial charge >= 0.3 is 12.4 Å². The van der Waals surface area contributed by atoms with Crippen molar-refractivity contribution in [3.63, 3.8) is 0 Å². The highest BCUT2D eigenvalue weighted by atomic mass is 79.9. The van der Waals surface area contributed by atoms with E-state index < -0.39 is 42.6 Å². The molecule has 18 nitrogen and oxygen atoms in total. The fourth-order valence-electron chi connectivity index (χ4n) is 7.79. The molecule has 0 atom stereocenters. The second kappa shape index (κ2) is 27.8. The Kier molecular flexibility index (Phi) is 22.2. The Morgan fingerprint density at radius 1 is 0.639 bits per heavy atom. The fraction of sp³-hybridized carbons (Fsp3) is 0.200. The number of rotatable bonds is 13. The lowest BCUT2D eigenvalue weighted by molar-refractivity contribution is -0.138. The van der Waals surface area contributed by atoms with Crippen molar-refractivity contribution in [1.82, 2.24) is 24.9 Å². The summed E-state index contributed by atoms with van der Waals surface area (Å²) in [4.78, 5) is 11.5. The van der Waals surface area contributed by atoms with Gasteiger partial charge in [0.1, 0.15) is 36.2 Å². The Balaban J connectivity index is 0.000000219. The van der Waals surface area contributed by atoms with Crippen LogP contribution >= 0.6 is 88.8 Å². The van der Waals surface area contributed by atoms with Crippen molar-refractivity contribution in [3.05, 3.63) is 163 Å². The number of nitrogens with one attached hydrogen (secondary N) is 1. The summed E-state index contributed by atoms with van der Waals surface area (Å²) in [6.45, 7) is 1.70. The molecule has 0 unspecified atom stereocenters. The van der Waals surface area contributed by atoms with Crippen LogP contribution in [0.4, 0.5) is 59.4 Å². The number of benzene rings is 6. The van der Waals surface area contributed by atoms with Crippen molar-refractivity contribution in [2.75, 3.05) is 59.9 Å². The molecule has 0 spiro atoms. The van der Waals surface area contributed by atoms with Gasteiger partial charge in [-0.15, -0.1) is 0 Å². The maximum Gasteiger partial charge on any atom is 0.416 e. The topological polar surface area (TPSA) is 245 Å². The predicted octanol–water partition coefficient (Wildman–Crippen LogP) is 14.0. The quantitative estimate of drug-likeness (QED) is 0.0805. The van der Waals surface area contributed by atoms with E-state index in [-0.39, 0.29) is 72.6 Å². The highest BCUT2D eigenvalue weighted by Gasteiger charge is 2.35. The molecule has 2 aromatic heterocycles. The monoisotopic (exact) mass is 1420 g/mol. The molecule has 2 aliphatic heterocycles. The number of halogens is 11. The number of sulfonamides is 1. The summed E-state index contributed by atoms with van der Waals surface area (Å²) < 4.78 is 160. The molecule has 2 aliphatic rings. The fourth-order valence-corrected chi connectivity index (χ4v) is 12.8. The summed E-state index contributed by atoms with van der Waals surface area (Å²) >= 11 is 20.9. The normalized spacial score (nSPS) is 12.9. The summed E-state index contributed by atoms with van der Waals surface area (Å²) in [5, 5.41) is 3.99. The molecule has 8 aromatic rings. The van der Waals surface area contributed by atoms with E-state index in [9.17, 15) is 43.2 Å². The number of nitrogens with zero attached hydrogens (tertiary/aromatic N) is 7. The van der Waals surface area contributed by atoms with Crippen molar-refractivity contribution in [3.8, 4) is 23.0 Å². The van der Waals surface area contributed by atoms with Gasteiger partial charge in [0.2, 0.25) is 19.7 Å². The molecule has 6 aromatic carbocycles. The maximum atomic E-state index is 13.9. The van der Waals surface area contributed by atoms with E-state index in [1.54, 1.807) is 41.2 Å². The Hall–Kier alpha value is -5.93. The molecule has 4 heterocycles. The summed E-state index contributed by atoms with van der Waals surface area (Å²) in [5.41, 5.74) is 1.80. The van der Waals surface area contributed by atoms with Gasteiger partial charge in [0.15, 0.2) is 0 Å². The van der Waals surface area contributed by atoms with Crippen LogP contribution in [0, 0.1) is 0 Å². The summed E-state index contributed by atoms with van der Waals surface area (Å²) in [5.74, 6) is 1.99. The number of aromatic nitrogens is 4. The SMILES string of the molecule is COc1ccc(CN(c2nc(Br)ns2)S(=O)(=O)c2ccc3c(c2)OCCN3c2ccc(C(F)(F)F)cc2Cl)cc1.COc1ccc(CNc2nc(Br)ns2)cc1.N.O.O=S(=O)(Cl)c1ccc2c(c1)OCCN2c1ccc(C(F)(F)F)cc1Cl. The Morgan fingerprint density at radius 3 is 1.51 bits per heavy atom. The molecular formula is C50H44Br2Cl3F6N9O9S4. The van der Waals surface area contributed by atoms with Crippen molar-refractivity contribution >= 4 is 141 Å². The largest absolute Gasteiger partial charge is 0.497 e. The summed E-state index contributed by atoms with van der Waals surface area (Å²) in [6, 6.07) is 29.4. The van der Waals surface area contributed by atoms with E-state index >= 15 is 0 Å². The van der Waals surface area contributed by atoms with Gasteiger partial charge in [-0.05, 0) is 128 Å². The van der Waals surface area contributed by atoms with Crippen LogP contribution in [0.15, 0.2) is 141 Å². The second-order valence-electron chi connectivity index (χ2n) is 16.8. The molecule has 0 saturated heterocycles. The maximum absolute atomic E-state index is 13.9. The molecular weight excluding hydrogens is 1380 g/mol. The third-order valence-electron chi connectivity index (χ3n) is 11.7. The first-order valence-electron chi connectivity index (χ1n) is 23.1. The van der Waals surface area contributed by atoms with Crippen LogP contribution in [-0.4, -0.2) is 81.5 Å². The Labute approximate surface area is 510 Å². The minimum Gasteiger partial charge on any atom is -0.497 e. The highest BCUT2D eigenvalue weighted by Crippen LogP contribution is 2.45. The van der Waals surface area contributed by atoms with Crippen LogP contribution in [-0.2, 0) is 44.5 Å². The first-order valence-corrected chi connectivity index (χ1v) is 30.7. The number of ether oxygens (including phenoxy) is 4. The van der Waals surface area contributed by atoms with Crippen LogP contribution in [0.25, 0.3) is 0 Å². The van der Waals surface area contributed by atoms with Gasteiger partial charge in [-0.1, -0.05) is 47.5 Å². The van der Waals surface area contributed by atoms with Gasteiger partial charge in [0, 0.05) is 52.4 Å². The molecule has 0 amide bonds. The van der Waals surface area contributed by atoms with Crippen LogP contribution in [0.3, 0.4) is 0 Å². The lowest BCUT2D eigenvalue weighted by Crippen LogP contribution is -2.32. The number of hydrogen-bond acceptors (Lipinski definition) is 18. The minimum atomic E-state index is -4.53. The Bertz CT molecular complexity index is 3770. The molecule has 0 fully saturated rings. The molecule has 33 heteroatoms. The average molecular weight is 1420 g/mol. The molecule has 6 N–H and O–H groups in total. The van der Waals surface area contributed by atoms with Gasteiger partial charge in [-0.3, -0.25) is 0 Å². The molecule has 10 rings (SSSR count). The van der Waals surface area contributed by atoms with Crippen molar-refractivity contribution in [1.29, 1.82) is 0 Å². The van der Waals surface area contributed by atoms with E-state index in [0.29, 0.717) is 51.9 Å². The second-order valence-corrected chi connectivity index (χ2v) is 24.9. The molecule has 83 heavy (non-hydrogen) atoms. The number of alkyl halides is 6. The smallest absolute Gasteiger partial charge is 0.416 e. The third-order valence-corrected chi connectivity index (χ3v) is 18.1. The summed E-state index contributed by atoms with van der Waals surface area (Å²) in [7, 11) is 0.424. The van der Waals surface area contributed by atoms with E-state index in [0.717, 1.165) is 57.5 Å². The zero-order valence-electron chi connectivity index (χ0n) is 42.7. The van der Waals surface area contributed by atoms with E-state index in [1.165, 1.54) is 72.7 Å². The lowest BCUT2D eigenvalue weighted by Gasteiger charge is -2.32. The van der Waals surface area contributed by atoms with Crippen molar-refractivity contribution < 1.29 is 67.6 Å². The highest BCUT2D eigenvalue weighted by molar-refractivity contribution is 9.10. The summed E-state index contributed by atoms with van der Waals surface area (Å²) in [6.07, 6.45) is -9.02.